The van der Waals surface area contributed by atoms with Crippen molar-refractivity contribution >= 4 is 15.9 Å². The number of piperidine rings is 1. The van der Waals surface area contributed by atoms with Gasteiger partial charge in [-0.05, 0) is 28.7 Å². The van der Waals surface area contributed by atoms with E-state index in [9.17, 15) is 10.2 Å². The fourth-order valence-electron chi connectivity index (χ4n) is 4.59. The van der Waals surface area contributed by atoms with Gasteiger partial charge in [-0.3, -0.25) is 4.90 Å². The van der Waals surface area contributed by atoms with Crippen LogP contribution in [0.5, 0.6) is 0 Å². The monoisotopic (exact) mass is 431 g/mol. The second-order valence-electron chi connectivity index (χ2n) is 8.74. The lowest BCUT2D eigenvalue weighted by atomic mass is 9.69. The van der Waals surface area contributed by atoms with E-state index in [1.54, 1.807) is 0 Å². The third kappa shape index (κ3) is 4.62. The van der Waals surface area contributed by atoms with Gasteiger partial charge < -0.3 is 10.2 Å². The summed E-state index contributed by atoms with van der Waals surface area (Å²) in [6, 6.07) is 18.5. The predicted molar refractivity (Wildman–Crippen MR) is 114 cm³/mol. The zero-order chi connectivity index (χ0) is 19.6. The molecule has 0 aliphatic carbocycles. The number of hydrogen-bond acceptors (Lipinski definition) is 3. The quantitative estimate of drug-likeness (QED) is 0.751. The SMILES string of the molecule is CC(C)(C)C1C(O)C(c2ccc(Br)cc2)C(CO)CN1Cc1ccccc1. The summed E-state index contributed by atoms with van der Waals surface area (Å²) < 4.78 is 1.02. The normalized spacial score (nSPS) is 26.9. The number of hydrogen-bond donors (Lipinski definition) is 2. The minimum Gasteiger partial charge on any atom is -0.396 e. The second kappa shape index (κ2) is 8.44. The van der Waals surface area contributed by atoms with E-state index in [0.29, 0.717) is 0 Å². The maximum Gasteiger partial charge on any atom is 0.0772 e. The lowest BCUT2D eigenvalue weighted by Crippen LogP contribution is -2.60. The van der Waals surface area contributed by atoms with Gasteiger partial charge in [0, 0.05) is 42.0 Å². The zero-order valence-electron chi connectivity index (χ0n) is 16.3. The number of aliphatic hydroxyl groups is 2. The average Bonchev–Trinajstić information content (AvgIpc) is 2.62. The summed E-state index contributed by atoms with van der Waals surface area (Å²) in [5.74, 6) is -0.0668. The van der Waals surface area contributed by atoms with E-state index in [1.165, 1.54) is 5.56 Å². The molecule has 4 unspecified atom stereocenters. The number of rotatable bonds is 4. The fourth-order valence-corrected chi connectivity index (χ4v) is 4.85. The molecule has 0 radical (unpaired) electrons. The van der Waals surface area contributed by atoms with Gasteiger partial charge in [-0.2, -0.15) is 0 Å². The third-order valence-electron chi connectivity index (χ3n) is 5.67. The van der Waals surface area contributed by atoms with Crippen LogP contribution in [0, 0.1) is 11.3 Å². The number of aliphatic hydroxyl groups excluding tert-OH is 2. The molecule has 1 aliphatic rings. The molecule has 146 valence electrons. The van der Waals surface area contributed by atoms with Gasteiger partial charge in [0.2, 0.25) is 0 Å². The van der Waals surface area contributed by atoms with Crippen LogP contribution >= 0.6 is 15.9 Å². The first-order valence-corrected chi connectivity index (χ1v) is 10.4. The average molecular weight is 432 g/mol. The van der Waals surface area contributed by atoms with Crippen LogP contribution in [0.1, 0.15) is 37.8 Å². The lowest BCUT2D eigenvalue weighted by molar-refractivity contribution is -0.0878. The summed E-state index contributed by atoms with van der Waals surface area (Å²) in [7, 11) is 0. The van der Waals surface area contributed by atoms with Gasteiger partial charge in [0.05, 0.1) is 6.10 Å². The topological polar surface area (TPSA) is 43.7 Å². The van der Waals surface area contributed by atoms with Crippen molar-refractivity contribution in [1.82, 2.24) is 4.90 Å². The van der Waals surface area contributed by atoms with Crippen LogP contribution in [-0.4, -0.2) is 40.4 Å². The van der Waals surface area contributed by atoms with E-state index in [-0.39, 0.29) is 29.9 Å². The minimum absolute atomic E-state index is 0.00323. The molecular weight excluding hydrogens is 402 g/mol. The number of halogens is 1. The van der Waals surface area contributed by atoms with Crippen LogP contribution < -0.4 is 0 Å². The van der Waals surface area contributed by atoms with Crippen molar-refractivity contribution < 1.29 is 10.2 Å². The Kier molecular flexibility index (Phi) is 6.42. The molecular formula is C23H30BrNO2. The Labute approximate surface area is 171 Å². The van der Waals surface area contributed by atoms with Gasteiger partial charge in [0.15, 0.2) is 0 Å². The molecule has 4 atom stereocenters. The maximum atomic E-state index is 11.5. The Morgan fingerprint density at radius 2 is 1.67 bits per heavy atom. The Balaban J connectivity index is 1.95. The highest BCUT2D eigenvalue weighted by molar-refractivity contribution is 9.10. The van der Waals surface area contributed by atoms with Crippen LogP contribution in [0.4, 0.5) is 0 Å². The molecule has 2 aromatic carbocycles. The summed E-state index contributed by atoms with van der Waals surface area (Å²) >= 11 is 3.49. The minimum atomic E-state index is -0.541. The lowest BCUT2D eigenvalue weighted by Gasteiger charge is -2.52. The summed E-state index contributed by atoms with van der Waals surface area (Å²) in [4.78, 5) is 2.36. The fraction of sp³-hybridized carbons (Fsp3) is 0.478. The first-order chi connectivity index (χ1) is 12.8. The van der Waals surface area contributed by atoms with Gasteiger partial charge in [-0.1, -0.05) is 79.2 Å². The Morgan fingerprint density at radius 1 is 1.04 bits per heavy atom. The molecule has 1 heterocycles. The number of nitrogens with zero attached hydrogens (tertiary/aromatic N) is 1. The van der Waals surface area contributed by atoms with Crippen LogP contribution in [0.15, 0.2) is 59.1 Å². The smallest absolute Gasteiger partial charge is 0.0772 e. The van der Waals surface area contributed by atoms with Crippen molar-refractivity contribution in [3.63, 3.8) is 0 Å². The molecule has 0 amide bonds. The zero-order valence-corrected chi connectivity index (χ0v) is 17.9. The van der Waals surface area contributed by atoms with Gasteiger partial charge in [0.1, 0.15) is 0 Å². The first-order valence-electron chi connectivity index (χ1n) is 9.63. The standard InChI is InChI=1S/C23H30BrNO2/c1-23(2,3)22-21(27)20(17-9-11-19(24)12-10-17)18(15-26)14-25(22)13-16-7-5-4-6-8-16/h4-12,18,20-22,26-27H,13-15H2,1-3H3. The van der Waals surface area contributed by atoms with E-state index in [0.717, 1.165) is 23.1 Å². The molecule has 4 heteroatoms. The van der Waals surface area contributed by atoms with Gasteiger partial charge in [-0.25, -0.2) is 0 Å². The number of likely N-dealkylation sites (tertiary alicyclic amines) is 1. The Morgan fingerprint density at radius 3 is 2.22 bits per heavy atom. The second-order valence-corrected chi connectivity index (χ2v) is 9.65. The van der Waals surface area contributed by atoms with Gasteiger partial charge >= 0.3 is 0 Å². The predicted octanol–water partition coefficient (Wildman–Crippen LogP) is 4.43. The molecule has 0 saturated carbocycles. The van der Waals surface area contributed by atoms with Crippen molar-refractivity contribution in [2.75, 3.05) is 13.2 Å². The van der Waals surface area contributed by atoms with E-state index < -0.39 is 6.10 Å². The molecule has 1 fully saturated rings. The number of benzene rings is 2. The van der Waals surface area contributed by atoms with Crippen molar-refractivity contribution in [2.24, 2.45) is 11.3 Å². The van der Waals surface area contributed by atoms with Crippen LogP contribution in [-0.2, 0) is 6.54 Å². The highest BCUT2D eigenvalue weighted by Crippen LogP contribution is 2.42. The highest BCUT2D eigenvalue weighted by atomic mass is 79.9. The Hall–Kier alpha value is -1.20. The molecule has 0 aromatic heterocycles. The van der Waals surface area contributed by atoms with Crippen molar-refractivity contribution in [3.8, 4) is 0 Å². The van der Waals surface area contributed by atoms with E-state index >= 15 is 0 Å². The van der Waals surface area contributed by atoms with Crippen LogP contribution in [0.2, 0.25) is 0 Å². The summed E-state index contributed by atoms with van der Waals surface area (Å²) in [5, 5.41) is 21.6. The molecule has 27 heavy (non-hydrogen) atoms. The molecule has 2 N–H and O–H groups in total. The van der Waals surface area contributed by atoms with Gasteiger partial charge in [-0.15, -0.1) is 0 Å². The van der Waals surface area contributed by atoms with Crippen molar-refractivity contribution in [2.45, 2.75) is 45.4 Å². The first kappa shape index (κ1) is 20.5. The molecule has 1 saturated heterocycles. The molecule has 0 bridgehead atoms. The van der Waals surface area contributed by atoms with E-state index in [1.807, 2.05) is 18.2 Å². The summed E-state index contributed by atoms with van der Waals surface area (Å²) in [5.41, 5.74) is 2.25. The van der Waals surface area contributed by atoms with Crippen LogP contribution in [0.25, 0.3) is 0 Å². The third-order valence-corrected chi connectivity index (χ3v) is 6.20. The summed E-state index contributed by atoms with van der Waals surface area (Å²) in [6.07, 6.45) is -0.541. The summed E-state index contributed by atoms with van der Waals surface area (Å²) in [6.45, 7) is 8.19. The van der Waals surface area contributed by atoms with Crippen LogP contribution in [0.3, 0.4) is 0 Å². The van der Waals surface area contributed by atoms with Crippen molar-refractivity contribution in [1.29, 1.82) is 0 Å². The van der Waals surface area contributed by atoms with Crippen molar-refractivity contribution in [3.05, 3.63) is 70.2 Å². The molecule has 0 spiro atoms. The highest BCUT2D eigenvalue weighted by Gasteiger charge is 2.47. The Bertz CT molecular complexity index is 726. The van der Waals surface area contributed by atoms with E-state index in [2.05, 4.69) is 78.0 Å². The molecule has 2 aromatic rings. The van der Waals surface area contributed by atoms with Gasteiger partial charge in [0.25, 0.3) is 0 Å². The van der Waals surface area contributed by atoms with E-state index in [4.69, 9.17) is 0 Å². The largest absolute Gasteiger partial charge is 0.396 e. The molecule has 1 aliphatic heterocycles. The molecule has 3 rings (SSSR count). The molecule has 3 nitrogen and oxygen atoms in total. The maximum absolute atomic E-state index is 11.5.